The van der Waals surface area contributed by atoms with E-state index < -0.39 is 17.6 Å². The lowest BCUT2D eigenvalue weighted by atomic mass is 10.2. The van der Waals surface area contributed by atoms with Crippen molar-refractivity contribution in [1.82, 2.24) is 9.78 Å². The van der Waals surface area contributed by atoms with Gasteiger partial charge in [0.25, 0.3) is 0 Å². The van der Waals surface area contributed by atoms with E-state index in [0.29, 0.717) is 6.61 Å². The number of aromatic nitrogens is 2. The first-order valence-electron chi connectivity index (χ1n) is 6.46. The van der Waals surface area contributed by atoms with Gasteiger partial charge in [-0.15, -0.1) is 0 Å². The number of nitrogens with zero attached hydrogens (tertiary/aromatic N) is 2. The molecule has 1 aromatic rings. The van der Waals surface area contributed by atoms with Crippen LogP contribution in [0.4, 0.5) is 13.2 Å². The van der Waals surface area contributed by atoms with E-state index in [9.17, 15) is 18.3 Å². The average molecular weight is 294 g/mol. The molecule has 2 heterocycles. The molecule has 114 valence electrons. The van der Waals surface area contributed by atoms with Crippen molar-refractivity contribution in [2.24, 2.45) is 0 Å². The highest BCUT2D eigenvalue weighted by molar-refractivity contribution is 5.33. The average Bonchev–Trinajstić information content (AvgIpc) is 2.68. The van der Waals surface area contributed by atoms with Crippen molar-refractivity contribution < 1.29 is 27.8 Å². The molecule has 1 aliphatic rings. The Labute approximate surface area is 114 Å². The minimum atomic E-state index is -4.66. The van der Waals surface area contributed by atoms with E-state index in [4.69, 9.17) is 9.47 Å². The summed E-state index contributed by atoms with van der Waals surface area (Å²) in [5.41, 5.74) is -1.19. The molecule has 1 fully saturated rings. The van der Waals surface area contributed by atoms with Gasteiger partial charge in [0.2, 0.25) is 5.69 Å². The molecule has 5 nitrogen and oxygen atoms in total. The van der Waals surface area contributed by atoms with Crippen molar-refractivity contribution in [2.75, 3.05) is 13.2 Å². The Morgan fingerprint density at radius 3 is 2.75 bits per heavy atom. The van der Waals surface area contributed by atoms with Crippen LogP contribution in [0.3, 0.4) is 0 Å². The third kappa shape index (κ3) is 3.43. The molecule has 20 heavy (non-hydrogen) atoms. The number of ether oxygens (including phenoxy) is 2. The Balaban J connectivity index is 1.92. The first-order chi connectivity index (χ1) is 9.39. The van der Waals surface area contributed by atoms with Gasteiger partial charge in [0.15, 0.2) is 12.0 Å². The largest absolute Gasteiger partial charge is 0.504 e. The molecule has 0 radical (unpaired) electrons. The first kappa shape index (κ1) is 15.1. The number of aromatic hydroxyl groups is 1. The van der Waals surface area contributed by atoms with Gasteiger partial charge in [-0.25, -0.2) is 0 Å². The molecule has 0 aromatic carbocycles. The quantitative estimate of drug-likeness (QED) is 0.926. The number of hydrogen-bond donors (Lipinski definition) is 1. The zero-order valence-electron chi connectivity index (χ0n) is 11.1. The van der Waals surface area contributed by atoms with Crippen LogP contribution in [0, 0.1) is 6.92 Å². The third-order valence-electron chi connectivity index (χ3n) is 3.19. The van der Waals surface area contributed by atoms with Crippen LogP contribution in [0.2, 0.25) is 0 Å². The van der Waals surface area contributed by atoms with Crippen LogP contribution in [0.1, 0.15) is 30.7 Å². The summed E-state index contributed by atoms with van der Waals surface area (Å²) in [5, 5.41) is 12.8. The number of hydrogen-bond acceptors (Lipinski definition) is 4. The smallest absolute Gasteiger partial charge is 0.438 e. The van der Waals surface area contributed by atoms with Crippen molar-refractivity contribution in [3.63, 3.8) is 0 Å². The molecule has 0 amide bonds. The molecule has 8 heteroatoms. The molecule has 1 aromatic heterocycles. The minimum Gasteiger partial charge on any atom is -0.504 e. The molecule has 1 unspecified atom stereocenters. The third-order valence-corrected chi connectivity index (χ3v) is 3.19. The highest BCUT2D eigenvalue weighted by atomic mass is 19.4. The molecule has 1 aliphatic heterocycles. The summed E-state index contributed by atoms with van der Waals surface area (Å²) in [5.74, 6) is -0.827. The van der Waals surface area contributed by atoms with E-state index in [0.717, 1.165) is 23.9 Å². The zero-order valence-corrected chi connectivity index (χ0v) is 11.1. The predicted molar refractivity (Wildman–Crippen MR) is 63.2 cm³/mol. The summed E-state index contributed by atoms with van der Waals surface area (Å²) in [7, 11) is 0. The van der Waals surface area contributed by atoms with E-state index in [1.165, 1.54) is 6.92 Å². The number of rotatable bonds is 4. The van der Waals surface area contributed by atoms with Crippen LogP contribution >= 0.6 is 0 Å². The minimum absolute atomic E-state index is 0.0745. The maximum atomic E-state index is 12.6. The van der Waals surface area contributed by atoms with Gasteiger partial charge in [-0.3, -0.25) is 4.68 Å². The summed E-state index contributed by atoms with van der Waals surface area (Å²) in [6.07, 6.45) is -2.15. The van der Waals surface area contributed by atoms with Crippen LogP contribution in [-0.4, -0.2) is 34.4 Å². The topological polar surface area (TPSA) is 56.5 Å². The Bertz CT molecular complexity index is 454. The Kier molecular flexibility index (Phi) is 4.54. The molecular weight excluding hydrogens is 277 g/mol. The van der Waals surface area contributed by atoms with E-state index in [2.05, 4.69) is 5.10 Å². The van der Waals surface area contributed by atoms with E-state index in [1.54, 1.807) is 0 Å². The fourth-order valence-electron chi connectivity index (χ4n) is 2.06. The van der Waals surface area contributed by atoms with Crippen LogP contribution in [0.15, 0.2) is 0 Å². The van der Waals surface area contributed by atoms with Crippen LogP contribution in [-0.2, 0) is 22.2 Å². The molecule has 0 aliphatic carbocycles. The summed E-state index contributed by atoms with van der Waals surface area (Å²) in [6.45, 7) is 2.35. The highest BCUT2D eigenvalue weighted by Gasteiger charge is 2.38. The number of halogens is 3. The number of alkyl halides is 3. The lowest BCUT2D eigenvalue weighted by Crippen LogP contribution is -2.24. The second-order valence-electron chi connectivity index (χ2n) is 4.67. The normalized spacial score (nSPS) is 20.3. The standard InChI is InChI=1S/C12H17F3N2O3/c1-8-10(18)11(12(13,14)15)16-17(8)5-7-20-9-4-2-3-6-19-9/h9,18H,2-7H2,1H3. The van der Waals surface area contributed by atoms with Crippen molar-refractivity contribution >= 4 is 0 Å². The fraction of sp³-hybridized carbons (Fsp3) is 0.750. The summed E-state index contributed by atoms with van der Waals surface area (Å²) in [4.78, 5) is 0. The second-order valence-corrected chi connectivity index (χ2v) is 4.67. The molecule has 0 saturated carbocycles. The Morgan fingerprint density at radius 2 is 2.20 bits per heavy atom. The van der Waals surface area contributed by atoms with Gasteiger partial charge in [-0.05, 0) is 26.2 Å². The second kappa shape index (κ2) is 6.01. The van der Waals surface area contributed by atoms with Crippen LogP contribution in [0.5, 0.6) is 5.75 Å². The van der Waals surface area contributed by atoms with Crippen molar-refractivity contribution in [3.05, 3.63) is 11.4 Å². The van der Waals surface area contributed by atoms with Gasteiger partial charge in [-0.2, -0.15) is 18.3 Å². The van der Waals surface area contributed by atoms with Gasteiger partial charge < -0.3 is 14.6 Å². The Hall–Kier alpha value is -1.28. The fourth-order valence-corrected chi connectivity index (χ4v) is 2.06. The molecule has 1 saturated heterocycles. The molecule has 0 bridgehead atoms. The summed E-state index contributed by atoms with van der Waals surface area (Å²) < 4.78 is 49.6. The molecule has 1 N–H and O–H groups in total. The molecule has 2 rings (SSSR count). The molecule has 0 spiro atoms. The van der Waals surface area contributed by atoms with Crippen LogP contribution < -0.4 is 0 Å². The lowest BCUT2D eigenvalue weighted by Gasteiger charge is -2.22. The van der Waals surface area contributed by atoms with Crippen molar-refractivity contribution in [2.45, 2.75) is 45.2 Å². The van der Waals surface area contributed by atoms with Crippen molar-refractivity contribution in [3.8, 4) is 5.75 Å². The predicted octanol–water partition coefficient (Wildman–Crippen LogP) is 2.46. The van der Waals surface area contributed by atoms with Gasteiger partial charge >= 0.3 is 6.18 Å². The Morgan fingerprint density at radius 1 is 1.45 bits per heavy atom. The SMILES string of the molecule is Cc1c(O)c(C(F)(F)F)nn1CCOC1CCCCO1. The van der Waals surface area contributed by atoms with Gasteiger partial charge in [-0.1, -0.05) is 0 Å². The lowest BCUT2D eigenvalue weighted by molar-refractivity contribution is -0.164. The van der Waals surface area contributed by atoms with E-state index in [-0.39, 0.29) is 25.1 Å². The maximum absolute atomic E-state index is 12.6. The van der Waals surface area contributed by atoms with Crippen LogP contribution in [0.25, 0.3) is 0 Å². The van der Waals surface area contributed by atoms with Gasteiger partial charge in [0.05, 0.1) is 18.8 Å². The van der Waals surface area contributed by atoms with Gasteiger partial charge in [0.1, 0.15) is 0 Å². The molecular formula is C12H17F3N2O3. The van der Waals surface area contributed by atoms with E-state index in [1.807, 2.05) is 0 Å². The molecule has 1 atom stereocenters. The first-order valence-corrected chi connectivity index (χ1v) is 6.46. The van der Waals surface area contributed by atoms with Crippen molar-refractivity contribution in [1.29, 1.82) is 0 Å². The summed E-state index contributed by atoms with van der Waals surface area (Å²) in [6, 6.07) is 0. The van der Waals surface area contributed by atoms with E-state index >= 15 is 0 Å². The summed E-state index contributed by atoms with van der Waals surface area (Å²) >= 11 is 0. The highest BCUT2D eigenvalue weighted by Crippen LogP contribution is 2.36. The monoisotopic (exact) mass is 294 g/mol. The maximum Gasteiger partial charge on any atom is 0.438 e. The zero-order chi connectivity index (χ0) is 14.8. The van der Waals surface area contributed by atoms with Gasteiger partial charge in [0, 0.05) is 6.61 Å².